The number of alkyl halides is 5. The van der Waals surface area contributed by atoms with E-state index in [1.165, 1.54) is 0 Å². The van der Waals surface area contributed by atoms with Gasteiger partial charge in [-0.05, 0) is 25.7 Å². The average Bonchev–Trinajstić information content (AvgIpc) is 2.33. The van der Waals surface area contributed by atoms with E-state index in [9.17, 15) is 31.5 Å². The van der Waals surface area contributed by atoms with Crippen molar-refractivity contribution in [2.45, 2.75) is 44.3 Å². The first-order valence-corrected chi connectivity index (χ1v) is 5.93. The molecule has 1 aliphatic rings. The molecule has 0 atom stereocenters. The zero-order chi connectivity index (χ0) is 15.1. The van der Waals surface area contributed by atoms with Crippen molar-refractivity contribution in [2.75, 3.05) is 0 Å². The van der Waals surface area contributed by atoms with Gasteiger partial charge in [0.1, 0.15) is 6.54 Å². The predicted octanol–water partition coefficient (Wildman–Crippen LogP) is 1.61. The lowest BCUT2D eigenvalue weighted by atomic mass is 9.96. The van der Waals surface area contributed by atoms with Crippen molar-refractivity contribution in [3.05, 3.63) is 32.1 Å². The molecular weight excluding hydrogens is 287 g/mol. The number of aromatic nitrogens is 2. The van der Waals surface area contributed by atoms with Crippen LogP contribution in [0.3, 0.4) is 0 Å². The van der Waals surface area contributed by atoms with Gasteiger partial charge in [-0.15, -0.1) is 0 Å². The van der Waals surface area contributed by atoms with Gasteiger partial charge in [-0.25, -0.2) is 4.79 Å². The van der Waals surface area contributed by atoms with Crippen molar-refractivity contribution >= 4 is 0 Å². The molecule has 0 amide bonds. The van der Waals surface area contributed by atoms with Crippen LogP contribution >= 0.6 is 0 Å². The van der Waals surface area contributed by atoms with E-state index in [4.69, 9.17) is 0 Å². The van der Waals surface area contributed by atoms with Crippen LogP contribution in [0.1, 0.15) is 24.1 Å². The van der Waals surface area contributed by atoms with Gasteiger partial charge < -0.3 is 0 Å². The van der Waals surface area contributed by atoms with Gasteiger partial charge >= 0.3 is 17.8 Å². The van der Waals surface area contributed by atoms with E-state index in [0.717, 1.165) is 0 Å². The SMILES string of the molecule is O=c1[nH]c(=O)n(CC(F)(F)C(F)(F)F)c2c1CCCC2. The highest BCUT2D eigenvalue weighted by molar-refractivity contribution is 5.20. The number of halogens is 5. The molecule has 1 aromatic rings. The summed E-state index contributed by atoms with van der Waals surface area (Å²) in [6, 6.07) is 0. The molecule has 9 heteroatoms. The Bertz CT molecular complexity index is 629. The highest BCUT2D eigenvalue weighted by Crippen LogP contribution is 2.36. The van der Waals surface area contributed by atoms with Crippen molar-refractivity contribution in [3.63, 3.8) is 0 Å². The fourth-order valence-corrected chi connectivity index (χ4v) is 2.25. The number of nitrogens with one attached hydrogen (secondary N) is 1. The standard InChI is InChI=1S/C11H11F5N2O2/c12-10(13,11(14,15)16)5-18-7-4-2-1-3-6(7)8(19)17-9(18)20/h1-5H2,(H,17,19,20). The molecule has 1 heterocycles. The van der Waals surface area contributed by atoms with E-state index in [1.54, 1.807) is 4.98 Å². The molecule has 2 rings (SSSR count). The van der Waals surface area contributed by atoms with Crippen LogP contribution < -0.4 is 11.2 Å². The van der Waals surface area contributed by atoms with E-state index in [1.807, 2.05) is 0 Å². The third-order valence-electron chi connectivity index (χ3n) is 3.28. The van der Waals surface area contributed by atoms with Crippen LogP contribution in [0.4, 0.5) is 22.0 Å². The van der Waals surface area contributed by atoms with Crippen molar-refractivity contribution in [1.29, 1.82) is 0 Å². The summed E-state index contributed by atoms with van der Waals surface area (Å²) in [5.74, 6) is -5.03. The Morgan fingerprint density at radius 3 is 2.25 bits per heavy atom. The number of hydrogen-bond donors (Lipinski definition) is 1. The first kappa shape index (κ1) is 14.7. The molecule has 0 unspecified atom stereocenters. The lowest BCUT2D eigenvalue weighted by molar-refractivity contribution is -0.287. The van der Waals surface area contributed by atoms with Gasteiger partial charge in [0, 0.05) is 11.3 Å². The smallest absolute Gasteiger partial charge is 0.291 e. The molecule has 0 aromatic carbocycles. The first-order chi connectivity index (χ1) is 9.13. The summed E-state index contributed by atoms with van der Waals surface area (Å²) < 4.78 is 63.2. The number of rotatable bonds is 2. The normalized spacial score (nSPS) is 16.1. The number of H-pyrrole nitrogens is 1. The fourth-order valence-electron chi connectivity index (χ4n) is 2.25. The van der Waals surface area contributed by atoms with Gasteiger partial charge in [0.15, 0.2) is 0 Å². The van der Waals surface area contributed by atoms with Crippen molar-refractivity contribution in [3.8, 4) is 0 Å². The number of hydrogen-bond acceptors (Lipinski definition) is 2. The molecule has 0 saturated carbocycles. The second kappa shape index (κ2) is 4.71. The monoisotopic (exact) mass is 298 g/mol. The van der Waals surface area contributed by atoms with Crippen molar-refractivity contribution in [2.24, 2.45) is 0 Å². The van der Waals surface area contributed by atoms with Crippen LogP contribution in [0.5, 0.6) is 0 Å². The Hall–Kier alpha value is -1.67. The highest BCUT2D eigenvalue weighted by Gasteiger charge is 2.58. The molecule has 112 valence electrons. The lowest BCUT2D eigenvalue weighted by Crippen LogP contribution is -2.46. The number of fused-ring (bicyclic) bond motifs is 1. The van der Waals surface area contributed by atoms with E-state index in [0.29, 0.717) is 17.4 Å². The van der Waals surface area contributed by atoms with Gasteiger partial charge in [-0.2, -0.15) is 22.0 Å². The zero-order valence-electron chi connectivity index (χ0n) is 10.2. The van der Waals surface area contributed by atoms with Crippen LogP contribution in [0.15, 0.2) is 9.59 Å². The molecule has 0 saturated heterocycles. The maximum absolute atomic E-state index is 13.1. The average molecular weight is 298 g/mol. The van der Waals surface area contributed by atoms with E-state index < -0.39 is 29.9 Å². The quantitative estimate of drug-likeness (QED) is 0.843. The Balaban J connectivity index is 2.53. The highest BCUT2D eigenvalue weighted by atomic mass is 19.4. The van der Waals surface area contributed by atoms with Crippen molar-refractivity contribution < 1.29 is 22.0 Å². The molecule has 4 nitrogen and oxygen atoms in total. The summed E-state index contributed by atoms with van der Waals surface area (Å²) in [5, 5.41) is 0. The maximum atomic E-state index is 13.1. The Kier molecular flexibility index (Phi) is 3.47. The second-order valence-corrected chi connectivity index (χ2v) is 4.68. The molecule has 0 spiro atoms. The number of aromatic amines is 1. The minimum absolute atomic E-state index is 0.0195. The molecular formula is C11H11F5N2O2. The van der Waals surface area contributed by atoms with E-state index in [2.05, 4.69) is 0 Å². The van der Waals surface area contributed by atoms with Gasteiger partial charge in [0.2, 0.25) is 0 Å². The second-order valence-electron chi connectivity index (χ2n) is 4.68. The summed E-state index contributed by atoms with van der Waals surface area (Å²) in [5.41, 5.74) is -1.85. The van der Waals surface area contributed by atoms with Crippen LogP contribution in [-0.4, -0.2) is 21.6 Å². The van der Waals surface area contributed by atoms with E-state index >= 15 is 0 Å². The van der Waals surface area contributed by atoms with Gasteiger partial charge in [-0.1, -0.05) is 0 Å². The minimum atomic E-state index is -5.75. The molecule has 0 fully saturated rings. The Morgan fingerprint density at radius 1 is 1.05 bits per heavy atom. The van der Waals surface area contributed by atoms with Crippen LogP contribution in [0.25, 0.3) is 0 Å². The minimum Gasteiger partial charge on any atom is -0.291 e. The Labute approximate surface area is 109 Å². The lowest BCUT2D eigenvalue weighted by Gasteiger charge is -2.24. The third-order valence-corrected chi connectivity index (χ3v) is 3.28. The summed E-state index contributed by atoms with van der Waals surface area (Å²) >= 11 is 0. The summed E-state index contributed by atoms with van der Waals surface area (Å²) in [7, 11) is 0. The van der Waals surface area contributed by atoms with Gasteiger partial charge in [0.05, 0.1) is 0 Å². The Morgan fingerprint density at radius 2 is 1.65 bits per heavy atom. The van der Waals surface area contributed by atoms with Crippen LogP contribution in [0.2, 0.25) is 0 Å². The predicted molar refractivity (Wildman–Crippen MR) is 59.0 cm³/mol. The molecule has 0 radical (unpaired) electrons. The molecule has 1 aliphatic carbocycles. The first-order valence-electron chi connectivity index (χ1n) is 5.93. The third kappa shape index (κ3) is 2.48. The van der Waals surface area contributed by atoms with E-state index in [-0.39, 0.29) is 24.1 Å². The molecule has 0 bridgehead atoms. The van der Waals surface area contributed by atoms with Crippen LogP contribution in [0, 0.1) is 0 Å². The molecule has 20 heavy (non-hydrogen) atoms. The maximum Gasteiger partial charge on any atom is 0.455 e. The van der Waals surface area contributed by atoms with Gasteiger partial charge in [-0.3, -0.25) is 14.3 Å². The fraction of sp³-hybridized carbons (Fsp3) is 0.636. The molecule has 1 aromatic heterocycles. The summed E-state index contributed by atoms with van der Waals surface area (Å²) in [4.78, 5) is 24.8. The van der Waals surface area contributed by atoms with Crippen LogP contribution in [-0.2, 0) is 19.4 Å². The topological polar surface area (TPSA) is 54.9 Å². The summed E-state index contributed by atoms with van der Waals surface area (Å²) in [6.07, 6.45) is -4.17. The number of nitrogens with zero attached hydrogens (tertiary/aromatic N) is 1. The largest absolute Gasteiger partial charge is 0.455 e. The molecule has 0 aliphatic heterocycles. The zero-order valence-corrected chi connectivity index (χ0v) is 10.2. The molecule has 1 N–H and O–H groups in total. The summed E-state index contributed by atoms with van der Waals surface area (Å²) in [6.45, 7) is -1.81. The van der Waals surface area contributed by atoms with Crippen molar-refractivity contribution in [1.82, 2.24) is 9.55 Å². The van der Waals surface area contributed by atoms with Gasteiger partial charge in [0.25, 0.3) is 5.56 Å².